The smallest absolute Gasteiger partial charge is 0.235 e. The highest BCUT2D eigenvalue weighted by Crippen LogP contribution is 2.22. The number of hydrogen-bond donors (Lipinski definition) is 2. The SMILES string of the molecule is CC(=O)c1c(C)[nH]c(C(=O)[C@H](C)[NH2+][C@@H]2CCCC[C@@H]2C)c1C. The molecule has 1 heterocycles. The molecule has 0 spiro atoms. The lowest BCUT2D eigenvalue weighted by atomic mass is 9.85. The number of aromatic amines is 1. The highest BCUT2D eigenvalue weighted by atomic mass is 16.1. The molecule has 0 saturated heterocycles. The third kappa shape index (κ3) is 3.32. The quantitative estimate of drug-likeness (QED) is 0.821. The summed E-state index contributed by atoms with van der Waals surface area (Å²) in [6.45, 7) is 9.54. The van der Waals surface area contributed by atoms with Crippen molar-refractivity contribution < 1.29 is 14.9 Å². The van der Waals surface area contributed by atoms with Crippen LogP contribution in [0, 0.1) is 19.8 Å². The van der Waals surface area contributed by atoms with Crippen LogP contribution in [0.25, 0.3) is 0 Å². The Balaban J connectivity index is 2.14. The molecule has 1 aromatic heterocycles. The Hall–Kier alpha value is -1.42. The lowest BCUT2D eigenvalue weighted by Gasteiger charge is -2.28. The molecule has 1 saturated carbocycles. The van der Waals surface area contributed by atoms with Crippen LogP contribution in [-0.2, 0) is 0 Å². The number of aromatic nitrogens is 1. The highest BCUT2D eigenvalue weighted by Gasteiger charge is 2.31. The van der Waals surface area contributed by atoms with Crippen LogP contribution in [0.15, 0.2) is 0 Å². The molecule has 3 atom stereocenters. The molecule has 4 heteroatoms. The minimum Gasteiger partial charge on any atom is -0.355 e. The van der Waals surface area contributed by atoms with Gasteiger partial charge in [0.25, 0.3) is 0 Å². The third-order valence-corrected chi connectivity index (χ3v) is 5.16. The number of rotatable bonds is 5. The molecule has 0 bridgehead atoms. The van der Waals surface area contributed by atoms with E-state index >= 15 is 0 Å². The maximum atomic E-state index is 12.8. The lowest BCUT2D eigenvalue weighted by Crippen LogP contribution is -2.97. The number of carbonyl (C=O) groups excluding carboxylic acids is 2. The van der Waals surface area contributed by atoms with Crippen LogP contribution in [0.5, 0.6) is 0 Å². The van der Waals surface area contributed by atoms with E-state index in [-0.39, 0.29) is 17.6 Å². The number of quaternary nitrogens is 1. The van der Waals surface area contributed by atoms with Gasteiger partial charge in [-0.2, -0.15) is 0 Å². The summed E-state index contributed by atoms with van der Waals surface area (Å²) in [6, 6.07) is 0.429. The fourth-order valence-electron chi connectivity index (χ4n) is 3.84. The normalized spacial score (nSPS) is 23.3. The van der Waals surface area contributed by atoms with Crippen LogP contribution in [0.4, 0.5) is 0 Å². The van der Waals surface area contributed by atoms with Gasteiger partial charge in [-0.1, -0.05) is 13.3 Å². The lowest BCUT2D eigenvalue weighted by molar-refractivity contribution is -0.713. The van der Waals surface area contributed by atoms with Crippen molar-refractivity contribution in [3.63, 3.8) is 0 Å². The molecule has 0 amide bonds. The molecule has 2 rings (SSSR count). The molecule has 4 nitrogen and oxygen atoms in total. The molecule has 22 heavy (non-hydrogen) atoms. The molecule has 0 aromatic carbocycles. The Morgan fingerprint density at radius 3 is 2.41 bits per heavy atom. The van der Waals surface area contributed by atoms with Crippen LogP contribution >= 0.6 is 0 Å². The second-order valence-corrected chi connectivity index (χ2v) is 6.95. The van der Waals surface area contributed by atoms with E-state index in [9.17, 15) is 9.59 Å². The summed E-state index contributed by atoms with van der Waals surface area (Å²) in [5.74, 6) is 0.789. The zero-order valence-electron chi connectivity index (χ0n) is 14.5. The summed E-state index contributed by atoms with van der Waals surface area (Å²) < 4.78 is 0. The largest absolute Gasteiger partial charge is 0.355 e. The van der Waals surface area contributed by atoms with Crippen molar-refractivity contribution in [2.45, 2.75) is 72.4 Å². The monoisotopic (exact) mass is 305 g/mol. The first-order chi connectivity index (χ1) is 10.3. The number of ketones is 2. The first kappa shape index (κ1) is 16.9. The van der Waals surface area contributed by atoms with E-state index in [1.807, 2.05) is 20.8 Å². The van der Waals surface area contributed by atoms with Gasteiger partial charge in [0, 0.05) is 17.2 Å². The van der Waals surface area contributed by atoms with Crippen LogP contribution < -0.4 is 5.32 Å². The molecular weight excluding hydrogens is 276 g/mol. The molecule has 0 unspecified atom stereocenters. The Bertz CT molecular complexity index is 574. The number of nitrogens with one attached hydrogen (secondary N) is 1. The first-order valence-electron chi connectivity index (χ1n) is 8.42. The van der Waals surface area contributed by atoms with Gasteiger partial charge in [0.05, 0.1) is 11.7 Å². The van der Waals surface area contributed by atoms with Gasteiger partial charge >= 0.3 is 0 Å². The minimum atomic E-state index is -0.109. The molecule has 3 N–H and O–H groups in total. The van der Waals surface area contributed by atoms with E-state index in [4.69, 9.17) is 0 Å². The summed E-state index contributed by atoms with van der Waals surface area (Å²) in [7, 11) is 0. The third-order valence-electron chi connectivity index (χ3n) is 5.16. The van der Waals surface area contributed by atoms with Crippen LogP contribution in [0.1, 0.15) is 78.6 Å². The van der Waals surface area contributed by atoms with Gasteiger partial charge in [-0.05, 0) is 52.5 Å². The standard InChI is InChI=1S/C18H28N2O2/c1-10-8-6-7-9-15(10)19-13(4)18(22)17-11(2)16(14(5)21)12(3)20-17/h10,13,15,19-20H,6-9H2,1-5H3/p+1/t10-,13-,15+/m0/s1. The van der Waals surface area contributed by atoms with Crippen molar-refractivity contribution in [3.8, 4) is 0 Å². The number of carbonyl (C=O) groups is 2. The molecule has 122 valence electrons. The van der Waals surface area contributed by atoms with Gasteiger partial charge in [0.2, 0.25) is 5.78 Å². The van der Waals surface area contributed by atoms with Crippen LogP contribution in [0.3, 0.4) is 0 Å². The second-order valence-electron chi connectivity index (χ2n) is 6.95. The van der Waals surface area contributed by atoms with Crippen molar-refractivity contribution in [2.75, 3.05) is 0 Å². The number of nitrogens with two attached hydrogens (primary N) is 1. The van der Waals surface area contributed by atoms with Gasteiger partial charge in [-0.15, -0.1) is 0 Å². The van der Waals surface area contributed by atoms with E-state index in [2.05, 4.69) is 17.2 Å². The molecule has 1 aliphatic rings. The second kappa shape index (κ2) is 6.78. The molecule has 1 aromatic rings. The predicted molar refractivity (Wildman–Crippen MR) is 87.4 cm³/mol. The summed E-state index contributed by atoms with van der Waals surface area (Å²) >= 11 is 0. The van der Waals surface area contributed by atoms with Crippen molar-refractivity contribution in [1.82, 2.24) is 4.98 Å². The van der Waals surface area contributed by atoms with Gasteiger partial charge in [-0.3, -0.25) is 9.59 Å². The number of H-pyrrole nitrogens is 1. The predicted octanol–water partition coefficient (Wildman–Crippen LogP) is 2.55. The molecule has 0 radical (unpaired) electrons. The molecular formula is C18H29N2O2+. The molecule has 0 aliphatic heterocycles. The minimum absolute atomic E-state index is 0.0165. The van der Waals surface area contributed by atoms with Gasteiger partial charge < -0.3 is 10.3 Å². The Labute approximate surface area is 133 Å². The number of Topliss-reactive ketones (excluding diaryl/α,β-unsaturated/α-hetero) is 2. The summed E-state index contributed by atoms with van der Waals surface area (Å²) in [6.07, 6.45) is 5.03. The maximum absolute atomic E-state index is 12.8. The van der Waals surface area contributed by atoms with Crippen LogP contribution in [-0.4, -0.2) is 28.6 Å². The van der Waals surface area contributed by atoms with Gasteiger partial charge in [0.1, 0.15) is 6.04 Å². The van der Waals surface area contributed by atoms with E-state index in [1.165, 1.54) is 25.7 Å². The fourth-order valence-corrected chi connectivity index (χ4v) is 3.84. The zero-order chi connectivity index (χ0) is 16.4. The van der Waals surface area contributed by atoms with Crippen molar-refractivity contribution in [2.24, 2.45) is 5.92 Å². The highest BCUT2D eigenvalue weighted by molar-refractivity contribution is 6.04. The number of hydrogen-bond acceptors (Lipinski definition) is 2. The summed E-state index contributed by atoms with van der Waals surface area (Å²) in [5, 5.41) is 2.23. The Morgan fingerprint density at radius 1 is 1.23 bits per heavy atom. The maximum Gasteiger partial charge on any atom is 0.235 e. The number of aryl methyl sites for hydroxylation is 1. The Morgan fingerprint density at radius 2 is 1.86 bits per heavy atom. The molecule has 1 fully saturated rings. The Kier molecular flexibility index (Phi) is 5.22. The molecule has 1 aliphatic carbocycles. The van der Waals surface area contributed by atoms with Crippen molar-refractivity contribution in [3.05, 3.63) is 22.5 Å². The van der Waals surface area contributed by atoms with Crippen molar-refractivity contribution >= 4 is 11.6 Å². The van der Waals surface area contributed by atoms with E-state index in [1.54, 1.807) is 6.92 Å². The van der Waals surface area contributed by atoms with Crippen molar-refractivity contribution in [1.29, 1.82) is 0 Å². The van der Waals surface area contributed by atoms with Gasteiger partial charge in [-0.25, -0.2) is 0 Å². The average molecular weight is 305 g/mol. The topological polar surface area (TPSA) is 66.5 Å². The van der Waals surface area contributed by atoms with Gasteiger partial charge in [0.15, 0.2) is 5.78 Å². The van der Waals surface area contributed by atoms with E-state index in [0.717, 1.165) is 11.3 Å². The summed E-state index contributed by atoms with van der Waals surface area (Å²) in [5.41, 5.74) is 2.87. The summed E-state index contributed by atoms with van der Waals surface area (Å²) in [4.78, 5) is 27.6. The first-order valence-corrected chi connectivity index (χ1v) is 8.42. The zero-order valence-corrected chi connectivity index (χ0v) is 14.5. The average Bonchev–Trinajstić information content (AvgIpc) is 2.75. The van der Waals surface area contributed by atoms with E-state index < -0.39 is 0 Å². The fraction of sp³-hybridized carbons (Fsp3) is 0.667. The van der Waals surface area contributed by atoms with E-state index in [0.29, 0.717) is 23.2 Å². The van der Waals surface area contributed by atoms with Crippen LogP contribution in [0.2, 0.25) is 0 Å².